The maximum Gasteiger partial charge on any atom is 0.238 e. The minimum Gasteiger partial charge on any atom is -0.467 e. The van der Waals surface area contributed by atoms with E-state index in [1.165, 1.54) is 11.8 Å². The molecule has 3 aromatic heterocycles. The fourth-order valence-corrected chi connectivity index (χ4v) is 3.86. The first kappa shape index (κ1) is 18.8. The molecule has 1 atom stereocenters. The van der Waals surface area contributed by atoms with Crippen molar-refractivity contribution in [1.82, 2.24) is 24.5 Å². The number of nitrogens with zero attached hydrogens (tertiary/aromatic N) is 5. The third-order valence-electron chi connectivity index (χ3n) is 4.64. The van der Waals surface area contributed by atoms with Gasteiger partial charge in [-0.15, -0.1) is 10.2 Å². The lowest BCUT2D eigenvalue weighted by Crippen LogP contribution is -2.25. The molecule has 0 radical (unpaired) electrons. The molecule has 1 unspecified atom stereocenters. The third-order valence-corrected chi connectivity index (χ3v) is 5.72. The summed E-state index contributed by atoms with van der Waals surface area (Å²) < 4.78 is 9.36. The SMILES string of the molecule is CC(Sc1nnc(C2CC2)n1Cc1ccco1)C(=O)Nc1ccnn1C(C)C. The number of hydrogen-bond acceptors (Lipinski definition) is 6. The zero-order valence-electron chi connectivity index (χ0n) is 16.2. The van der Waals surface area contributed by atoms with Gasteiger partial charge in [-0.1, -0.05) is 11.8 Å². The second-order valence-corrected chi connectivity index (χ2v) is 8.59. The lowest BCUT2D eigenvalue weighted by molar-refractivity contribution is -0.115. The quantitative estimate of drug-likeness (QED) is 0.580. The number of aromatic nitrogens is 5. The van der Waals surface area contributed by atoms with Gasteiger partial charge in [0.15, 0.2) is 5.16 Å². The second kappa shape index (κ2) is 7.83. The Morgan fingerprint density at radius 2 is 2.14 bits per heavy atom. The number of hydrogen-bond donors (Lipinski definition) is 1. The highest BCUT2D eigenvalue weighted by Gasteiger charge is 2.31. The van der Waals surface area contributed by atoms with Crippen molar-refractivity contribution in [3.8, 4) is 0 Å². The first-order valence-corrected chi connectivity index (χ1v) is 10.4. The van der Waals surface area contributed by atoms with E-state index in [0.717, 1.165) is 29.6 Å². The van der Waals surface area contributed by atoms with Crippen LogP contribution < -0.4 is 5.32 Å². The number of amides is 1. The standard InChI is InChI=1S/C19H24N6O2S/c1-12(2)25-16(8-9-20-25)21-18(26)13(3)28-19-23-22-17(14-6-7-14)24(19)11-15-5-4-10-27-15/h4-5,8-10,12-14H,6-7,11H2,1-3H3,(H,21,26). The van der Waals surface area contributed by atoms with Crippen molar-refractivity contribution in [1.29, 1.82) is 0 Å². The summed E-state index contributed by atoms with van der Waals surface area (Å²) >= 11 is 1.41. The van der Waals surface area contributed by atoms with Crippen LogP contribution in [0.1, 0.15) is 57.2 Å². The molecule has 0 saturated heterocycles. The lowest BCUT2D eigenvalue weighted by Gasteiger charge is -2.15. The van der Waals surface area contributed by atoms with Crippen LogP contribution in [0.5, 0.6) is 0 Å². The summed E-state index contributed by atoms with van der Waals surface area (Å²) in [5.74, 6) is 2.89. The Morgan fingerprint density at radius 1 is 1.32 bits per heavy atom. The Labute approximate surface area is 167 Å². The smallest absolute Gasteiger partial charge is 0.238 e. The van der Waals surface area contributed by atoms with Crippen molar-refractivity contribution in [2.75, 3.05) is 5.32 Å². The molecule has 1 aliphatic rings. The van der Waals surface area contributed by atoms with E-state index in [1.807, 2.05) is 32.9 Å². The molecule has 1 fully saturated rings. The Bertz CT molecular complexity index is 942. The summed E-state index contributed by atoms with van der Waals surface area (Å²) in [6.45, 7) is 6.50. The van der Waals surface area contributed by atoms with Crippen molar-refractivity contribution in [3.63, 3.8) is 0 Å². The summed E-state index contributed by atoms with van der Waals surface area (Å²) in [5.41, 5.74) is 0. The number of carbonyl (C=O) groups excluding carboxylic acids is 1. The van der Waals surface area contributed by atoms with Crippen molar-refractivity contribution >= 4 is 23.5 Å². The van der Waals surface area contributed by atoms with Crippen LogP contribution in [-0.2, 0) is 11.3 Å². The van der Waals surface area contributed by atoms with Crippen LogP contribution in [0.15, 0.2) is 40.2 Å². The Morgan fingerprint density at radius 3 is 2.82 bits per heavy atom. The summed E-state index contributed by atoms with van der Waals surface area (Å²) in [6.07, 6.45) is 5.62. The summed E-state index contributed by atoms with van der Waals surface area (Å²) in [4.78, 5) is 12.7. The van der Waals surface area contributed by atoms with Crippen LogP contribution >= 0.6 is 11.8 Å². The van der Waals surface area contributed by atoms with E-state index < -0.39 is 0 Å². The topological polar surface area (TPSA) is 90.8 Å². The number of nitrogens with one attached hydrogen (secondary N) is 1. The Balaban J connectivity index is 1.48. The number of thioether (sulfide) groups is 1. The zero-order chi connectivity index (χ0) is 19.7. The van der Waals surface area contributed by atoms with Crippen molar-refractivity contribution in [2.45, 2.75) is 62.5 Å². The van der Waals surface area contributed by atoms with Crippen LogP contribution in [0.2, 0.25) is 0 Å². The van der Waals surface area contributed by atoms with Gasteiger partial charge in [0, 0.05) is 18.0 Å². The largest absolute Gasteiger partial charge is 0.467 e. The first-order chi connectivity index (χ1) is 13.5. The van der Waals surface area contributed by atoms with Crippen LogP contribution in [0.3, 0.4) is 0 Å². The fraction of sp³-hybridized carbons (Fsp3) is 0.474. The van der Waals surface area contributed by atoms with E-state index in [4.69, 9.17) is 4.42 Å². The van der Waals surface area contributed by atoms with Crippen molar-refractivity contribution < 1.29 is 9.21 Å². The van der Waals surface area contributed by atoms with Crippen LogP contribution in [0.25, 0.3) is 0 Å². The number of carbonyl (C=O) groups is 1. The van der Waals surface area contributed by atoms with Crippen molar-refractivity contribution in [3.05, 3.63) is 42.2 Å². The molecule has 0 aliphatic heterocycles. The summed E-state index contributed by atoms with van der Waals surface area (Å²) in [6, 6.07) is 5.79. The van der Waals surface area contributed by atoms with E-state index in [-0.39, 0.29) is 17.2 Å². The predicted molar refractivity (Wildman–Crippen MR) is 106 cm³/mol. The van der Waals surface area contributed by atoms with E-state index in [0.29, 0.717) is 18.3 Å². The highest BCUT2D eigenvalue weighted by Crippen LogP contribution is 2.40. The average molecular weight is 401 g/mol. The minimum absolute atomic E-state index is 0.0899. The molecule has 1 saturated carbocycles. The van der Waals surface area contributed by atoms with Crippen molar-refractivity contribution in [2.24, 2.45) is 0 Å². The maximum absolute atomic E-state index is 12.7. The molecule has 9 heteroatoms. The molecule has 0 aromatic carbocycles. The van der Waals surface area contributed by atoms with Gasteiger partial charge in [-0.2, -0.15) is 5.10 Å². The molecule has 8 nitrogen and oxygen atoms in total. The van der Waals surface area contributed by atoms with Crippen LogP contribution in [-0.4, -0.2) is 35.7 Å². The fourth-order valence-electron chi connectivity index (χ4n) is 3.00. The monoisotopic (exact) mass is 400 g/mol. The van der Waals surface area contributed by atoms with Gasteiger partial charge in [0.2, 0.25) is 5.91 Å². The highest BCUT2D eigenvalue weighted by molar-refractivity contribution is 8.00. The molecule has 4 rings (SSSR count). The number of furan rings is 1. The molecule has 1 amide bonds. The van der Waals surface area contributed by atoms with E-state index >= 15 is 0 Å². The molecule has 3 aromatic rings. The van der Waals surface area contributed by atoms with Gasteiger partial charge < -0.3 is 9.73 Å². The molecule has 1 N–H and O–H groups in total. The summed E-state index contributed by atoms with van der Waals surface area (Å²) in [5, 5.41) is 16.4. The third kappa shape index (κ3) is 3.99. The van der Waals surface area contributed by atoms with Crippen LogP contribution in [0, 0.1) is 0 Å². The predicted octanol–water partition coefficient (Wildman–Crippen LogP) is 3.69. The molecule has 0 bridgehead atoms. The molecule has 148 valence electrons. The number of rotatable bonds is 8. The lowest BCUT2D eigenvalue weighted by atomic mass is 10.3. The van der Waals surface area contributed by atoms with Gasteiger partial charge in [0.1, 0.15) is 17.4 Å². The van der Waals surface area contributed by atoms with Gasteiger partial charge >= 0.3 is 0 Å². The van der Waals surface area contributed by atoms with E-state index in [9.17, 15) is 4.79 Å². The molecule has 28 heavy (non-hydrogen) atoms. The molecule has 0 spiro atoms. The molecular weight excluding hydrogens is 376 g/mol. The number of anilines is 1. The molecular formula is C19H24N6O2S. The van der Waals surface area contributed by atoms with Crippen LogP contribution in [0.4, 0.5) is 5.82 Å². The van der Waals surface area contributed by atoms with Gasteiger partial charge in [0.25, 0.3) is 0 Å². The van der Waals surface area contributed by atoms with E-state index in [1.54, 1.807) is 23.2 Å². The first-order valence-electron chi connectivity index (χ1n) is 9.49. The summed E-state index contributed by atoms with van der Waals surface area (Å²) in [7, 11) is 0. The maximum atomic E-state index is 12.7. The minimum atomic E-state index is -0.331. The van der Waals surface area contributed by atoms with E-state index in [2.05, 4.69) is 25.2 Å². The van der Waals surface area contributed by atoms with Gasteiger partial charge in [-0.25, -0.2) is 4.68 Å². The molecule has 3 heterocycles. The highest BCUT2D eigenvalue weighted by atomic mass is 32.2. The molecule has 1 aliphatic carbocycles. The van der Waals surface area contributed by atoms with Gasteiger partial charge in [-0.05, 0) is 45.7 Å². The Hall–Kier alpha value is -2.55. The second-order valence-electron chi connectivity index (χ2n) is 7.28. The Kier molecular flexibility index (Phi) is 5.25. The average Bonchev–Trinajstić information content (AvgIpc) is 3.06. The normalized spacial score (nSPS) is 15.1. The zero-order valence-corrected chi connectivity index (χ0v) is 17.0. The van der Waals surface area contributed by atoms with Gasteiger partial charge in [-0.3, -0.25) is 9.36 Å². The van der Waals surface area contributed by atoms with Gasteiger partial charge in [0.05, 0.1) is 24.3 Å².